The molecule has 1 N–H and O–H groups in total. The molecule has 0 bridgehead atoms. The highest BCUT2D eigenvalue weighted by molar-refractivity contribution is 5.83. The molecule has 0 unspecified atom stereocenters. The van der Waals surface area contributed by atoms with E-state index in [-0.39, 0.29) is 12.8 Å². The molecule has 1 aromatic heterocycles. The molecule has 0 fully saturated rings. The predicted octanol–water partition coefficient (Wildman–Crippen LogP) is 4.85. The van der Waals surface area contributed by atoms with Crippen molar-refractivity contribution in [3.8, 4) is 5.75 Å². The Morgan fingerprint density at radius 2 is 1.83 bits per heavy atom. The van der Waals surface area contributed by atoms with Crippen molar-refractivity contribution < 1.29 is 19.1 Å². The Morgan fingerprint density at radius 3 is 2.62 bits per heavy atom. The maximum absolute atomic E-state index is 12.3. The van der Waals surface area contributed by atoms with E-state index in [9.17, 15) is 9.59 Å². The van der Waals surface area contributed by atoms with Crippen molar-refractivity contribution in [2.24, 2.45) is 0 Å². The summed E-state index contributed by atoms with van der Waals surface area (Å²) in [4.78, 5) is 23.1. The molecule has 146 valence electrons. The molecule has 1 heterocycles. The molecule has 4 aromatic rings. The molecule has 5 nitrogen and oxygen atoms in total. The molecular weight excluding hydrogens is 368 g/mol. The number of carbonyl (C=O) groups is 1. The van der Waals surface area contributed by atoms with Gasteiger partial charge in [-0.25, -0.2) is 4.79 Å². The van der Waals surface area contributed by atoms with Crippen LogP contribution >= 0.6 is 0 Å². The van der Waals surface area contributed by atoms with Gasteiger partial charge in [0.05, 0.1) is 0 Å². The molecule has 4 rings (SSSR count). The van der Waals surface area contributed by atoms with Crippen molar-refractivity contribution in [3.63, 3.8) is 0 Å². The molecule has 0 aliphatic carbocycles. The van der Waals surface area contributed by atoms with Gasteiger partial charge >= 0.3 is 11.6 Å². The number of carboxylic acids is 1. The van der Waals surface area contributed by atoms with E-state index in [4.69, 9.17) is 14.3 Å². The monoisotopic (exact) mass is 388 g/mol. The molecule has 0 amide bonds. The minimum atomic E-state index is -0.943. The zero-order valence-corrected chi connectivity index (χ0v) is 16.0. The van der Waals surface area contributed by atoms with Crippen LogP contribution in [-0.4, -0.2) is 11.1 Å². The van der Waals surface area contributed by atoms with Crippen molar-refractivity contribution in [1.29, 1.82) is 0 Å². The van der Waals surface area contributed by atoms with Crippen LogP contribution in [0.3, 0.4) is 0 Å². The van der Waals surface area contributed by atoms with Crippen LogP contribution in [0.5, 0.6) is 5.75 Å². The Hall–Kier alpha value is -3.60. The van der Waals surface area contributed by atoms with Gasteiger partial charge in [0.15, 0.2) is 0 Å². The minimum absolute atomic E-state index is 0.107. The predicted molar refractivity (Wildman–Crippen MR) is 111 cm³/mol. The first-order chi connectivity index (χ1) is 14.0. The second kappa shape index (κ2) is 7.80. The third-order valence-corrected chi connectivity index (χ3v) is 5.07. The average Bonchev–Trinajstić information content (AvgIpc) is 2.71. The van der Waals surface area contributed by atoms with Crippen molar-refractivity contribution >= 4 is 27.7 Å². The largest absolute Gasteiger partial charge is 0.489 e. The van der Waals surface area contributed by atoms with Gasteiger partial charge < -0.3 is 14.3 Å². The lowest BCUT2D eigenvalue weighted by molar-refractivity contribution is -0.136. The van der Waals surface area contributed by atoms with Gasteiger partial charge in [0.2, 0.25) is 0 Å². The molecule has 0 atom stereocenters. The van der Waals surface area contributed by atoms with Gasteiger partial charge in [-0.3, -0.25) is 4.79 Å². The summed E-state index contributed by atoms with van der Waals surface area (Å²) in [6.07, 6.45) is 0.0454. The smallest absolute Gasteiger partial charge is 0.339 e. The fraction of sp³-hybridized carbons (Fsp3) is 0.167. The molecule has 0 saturated heterocycles. The highest BCUT2D eigenvalue weighted by Gasteiger charge is 2.13. The van der Waals surface area contributed by atoms with Crippen molar-refractivity contribution in [1.82, 2.24) is 0 Å². The van der Waals surface area contributed by atoms with E-state index in [1.807, 2.05) is 37.3 Å². The van der Waals surface area contributed by atoms with Crippen LogP contribution in [0.1, 0.15) is 23.1 Å². The lowest BCUT2D eigenvalue weighted by atomic mass is 10.0. The quantitative estimate of drug-likeness (QED) is 0.478. The summed E-state index contributed by atoms with van der Waals surface area (Å²) in [5.74, 6) is -0.340. The van der Waals surface area contributed by atoms with E-state index in [1.165, 1.54) is 5.39 Å². The lowest BCUT2D eigenvalue weighted by Gasteiger charge is -2.10. The number of rotatable bonds is 6. The van der Waals surface area contributed by atoms with Crippen LogP contribution in [-0.2, 0) is 17.8 Å². The van der Waals surface area contributed by atoms with Crippen LogP contribution < -0.4 is 10.4 Å². The molecular formula is C24H20O5. The van der Waals surface area contributed by atoms with Gasteiger partial charge in [-0.05, 0) is 53.4 Å². The number of aliphatic carboxylic acids is 1. The molecule has 29 heavy (non-hydrogen) atoms. The summed E-state index contributed by atoms with van der Waals surface area (Å²) >= 11 is 0. The van der Waals surface area contributed by atoms with Crippen molar-refractivity contribution in [2.45, 2.75) is 26.4 Å². The van der Waals surface area contributed by atoms with Crippen LogP contribution in [0.2, 0.25) is 0 Å². The zero-order chi connectivity index (χ0) is 20.4. The van der Waals surface area contributed by atoms with E-state index in [1.54, 1.807) is 6.07 Å². The van der Waals surface area contributed by atoms with Crippen LogP contribution in [0.15, 0.2) is 69.9 Å². The second-order valence-corrected chi connectivity index (χ2v) is 7.01. The van der Waals surface area contributed by atoms with Crippen LogP contribution in [0.4, 0.5) is 0 Å². The molecule has 5 heteroatoms. The number of benzene rings is 3. The molecule has 0 saturated carbocycles. The Labute approximate surface area is 167 Å². The third-order valence-electron chi connectivity index (χ3n) is 5.07. The summed E-state index contributed by atoms with van der Waals surface area (Å²) in [6.45, 7) is 2.21. The number of ether oxygens (including phenoxy) is 1. The van der Waals surface area contributed by atoms with Gasteiger partial charge in [-0.1, -0.05) is 36.4 Å². The maximum Gasteiger partial charge on any atom is 0.339 e. The van der Waals surface area contributed by atoms with E-state index in [0.29, 0.717) is 23.5 Å². The Morgan fingerprint density at radius 1 is 1.03 bits per heavy atom. The molecule has 0 aliphatic heterocycles. The summed E-state index contributed by atoms with van der Waals surface area (Å²) in [7, 11) is 0. The van der Waals surface area contributed by atoms with Gasteiger partial charge in [-0.15, -0.1) is 0 Å². The highest BCUT2D eigenvalue weighted by Crippen LogP contribution is 2.25. The number of hydrogen-bond donors (Lipinski definition) is 1. The molecule has 0 spiro atoms. The fourth-order valence-corrected chi connectivity index (χ4v) is 3.48. The van der Waals surface area contributed by atoms with Gasteiger partial charge in [-0.2, -0.15) is 0 Å². The first kappa shape index (κ1) is 18.7. The Kier molecular flexibility index (Phi) is 5.04. The first-order valence-corrected chi connectivity index (χ1v) is 9.40. The highest BCUT2D eigenvalue weighted by atomic mass is 16.5. The van der Waals surface area contributed by atoms with Gasteiger partial charge in [0.1, 0.15) is 17.9 Å². The van der Waals surface area contributed by atoms with Gasteiger partial charge in [0.25, 0.3) is 0 Å². The lowest BCUT2D eigenvalue weighted by Crippen LogP contribution is -2.12. The maximum atomic E-state index is 12.3. The third kappa shape index (κ3) is 3.99. The number of hydrogen-bond acceptors (Lipinski definition) is 4. The fourth-order valence-electron chi connectivity index (χ4n) is 3.48. The standard InChI is InChI=1S/C24H20O5/c1-15-20-9-8-19(13-22(20)29-24(27)21(15)10-11-23(25)26)28-14-16-6-7-17-4-2-3-5-18(17)12-16/h2-9,12-13H,10-11,14H2,1H3,(H,25,26). The second-order valence-electron chi connectivity index (χ2n) is 7.01. The Balaban J connectivity index is 1.57. The average molecular weight is 388 g/mol. The zero-order valence-electron chi connectivity index (χ0n) is 16.0. The molecule has 0 radical (unpaired) electrons. The van der Waals surface area contributed by atoms with Crippen molar-refractivity contribution in [3.05, 3.63) is 87.8 Å². The summed E-state index contributed by atoms with van der Waals surface area (Å²) < 4.78 is 11.3. The first-order valence-electron chi connectivity index (χ1n) is 9.40. The van der Waals surface area contributed by atoms with E-state index in [2.05, 4.69) is 24.3 Å². The minimum Gasteiger partial charge on any atom is -0.489 e. The van der Waals surface area contributed by atoms with Crippen molar-refractivity contribution in [2.75, 3.05) is 0 Å². The summed E-state index contributed by atoms with van der Waals surface area (Å²) in [5.41, 5.74) is 2.14. The van der Waals surface area contributed by atoms with E-state index >= 15 is 0 Å². The normalized spacial score (nSPS) is 11.1. The summed E-state index contributed by atoms with van der Waals surface area (Å²) in [5, 5.41) is 12.0. The van der Waals surface area contributed by atoms with Gasteiger partial charge in [0, 0.05) is 23.4 Å². The van der Waals surface area contributed by atoms with Crippen LogP contribution in [0, 0.1) is 6.92 Å². The molecule has 0 aliphatic rings. The number of aryl methyl sites for hydroxylation is 1. The molecule has 3 aromatic carbocycles. The number of fused-ring (bicyclic) bond motifs is 2. The van der Waals surface area contributed by atoms with E-state index < -0.39 is 11.6 Å². The number of carboxylic acid groups (broad SMARTS) is 1. The summed E-state index contributed by atoms with van der Waals surface area (Å²) in [6, 6.07) is 19.7. The Bertz CT molecular complexity index is 1270. The van der Waals surface area contributed by atoms with Crippen LogP contribution in [0.25, 0.3) is 21.7 Å². The SMILES string of the molecule is Cc1c(CCC(=O)O)c(=O)oc2cc(OCc3ccc4ccccc4c3)ccc12. The topological polar surface area (TPSA) is 76.7 Å². The van der Waals surface area contributed by atoms with E-state index in [0.717, 1.165) is 21.9 Å².